The van der Waals surface area contributed by atoms with Crippen LogP contribution in [-0.4, -0.2) is 10.9 Å². The Labute approximate surface area is 101 Å². The maximum atomic E-state index is 11.0. The molecule has 0 atom stereocenters. The highest BCUT2D eigenvalue weighted by Gasteiger charge is 2.18. The Kier molecular flexibility index (Phi) is 4.04. The monoisotopic (exact) mass is 259 g/mol. The van der Waals surface area contributed by atoms with E-state index in [4.69, 9.17) is 23.2 Å². The fourth-order valence-corrected chi connectivity index (χ4v) is 1.69. The Morgan fingerprint density at radius 2 is 1.81 bits per heavy atom. The second-order valence-corrected chi connectivity index (χ2v) is 3.76. The van der Waals surface area contributed by atoms with Crippen molar-refractivity contribution in [1.29, 1.82) is 0 Å². The highest BCUT2D eigenvalue weighted by Crippen LogP contribution is 2.31. The van der Waals surface area contributed by atoms with Crippen molar-refractivity contribution >= 4 is 34.7 Å². The molecule has 84 valence electrons. The number of benzene rings is 1. The van der Waals surface area contributed by atoms with Gasteiger partial charge in [-0.25, -0.2) is 0 Å². The molecule has 0 radical (unpaired) electrons. The number of carbonyl (C=O) groups is 1. The molecule has 0 saturated carbocycles. The number of carbonyl (C=O) groups excluding carboxylic acids is 1. The van der Waals surface area contributed by atoms with Gasteiger partial charge in [0.15, 0.2) is 17.2 Å². The van der Waals surface area contributed by atoms with E-state index >= 15 is 0 Å². The molecule has 16 heavy (non-hydrogen) atoms. The van der Waals surface area contributed by atoms with Crippen molar-refractivity contribution in [3.63, 3.8) is 0 Å². The van der Waals surface area contributed by atoms with E-state index in [0.717, 1.165) is 6.92 Å². The van der Waals surface area contributed by atoms with E-state index in [9.17, 15) is 14.8 Å². The van der Waals surface area contributed by atoms with Crippen molar-refractivity contribution in [3.8, 4) is 0 Å². The van der Waals surface area contributed by atoms with Crippen molar-refractivity contribution in [3.05, 3.63) is 44.4 Å². The van der Waals surface area contributed by atoms with Gasteiger partial charge in [-0.3, -0.25) is 4.79 Å². The van der Waals surface area contributed by atoms with Crippen molar-refractivity contribution in [2.45, 2.75) is 6.92 Å². The highest BCUT2D eigenvalue weighted by molar-refractivity contribution is 6.37. The lowest BCUT2D eigenvalue weighted by Crippen LogP contribution is -1.99. The summed E-state index contributed by atoms with van der Waals surface area (Å²) in [5, 5.41) is 12.4. The van der Waals surface area contributed by atoms with Crippen LogP contribution in [0.2, 0.25) is 10.0 Å². The first-order valence-electron chi connectivity index (χ1n) is 4.21. The highest BCUT2D eigenvalue weighted by atomic mass is 35.5. The number of ketones is 1. The van der Waals surface area contributed by atoms with Crippen LogP contribution in [0.15, 0.2) is 29.1 Å². The minimum atomic E-state index is -0.663. The van der Waals surface area contributed by atoms with E-state index in [-0.39, 0.29) is 15.6 Å². The third-order valence-corrected chi connectivity index (χ3v) is 2.48. The molecule has 0 aliphatic rings. The Morgan fingerprint density at radius 1 is 1.31 bits per heavy atom. The van der Waals surface area contributed by atoms with Gasteiger partial charge in [-0.15, -0.1) is 4.91 Å². The summed E-state index contributed by atoms with van der Waals surface area (Å²) in [7, 11) is 0. The van der Waals surface area contributed by atoms with Crippen LogP contribution in [0.25, 0.3) is 5.76 Å². The van der Waals surface area contributed by atoms with Crippen LogP contribution in [-0.2, 0) is 4.79 Å². The standard InChI is InChI=1S/C10H7Cl2NO3/c1-5(14)9(13-16)10(15)8-6(11)3-2-4-7(8)12/h2-4,15H,1H3. The number of nitroso groups, excluding NO2 is 1. The zero-order valence-corrected chi connectivity index (χ0v) is 9.71. The normalized spacial score (nSPS) is 11.9. The SMILES string of the molecule is CC(=O)C(N=O)=C(O)c1c(Cl)cccc1Cl. The van der Waals surface area contributed by atoms with Gasteiger partial charge in [-0.2, -0.15) is 0 Å². The first-order chi connectivity index (χ1) is 7.49. The molecule has 0 aliphatic heterocycles. The maximum absolute atomic E-state index is 11.0. The van der Waals surface area contributed by atoms with Gasteiger partial charge in [-0.05, 0) is 17.3 Å². The summed E-state index contributed by atoms with van der Waals surface area (Å²) >= 11 is 11.6. The van der Waals surface area contributed by atoms with Crippen LogP contribution in [0.5, 0.6) is 0 Å². The minimum Gasteiger partial charge on any atom is -0.505 e. The third kappa shape index (κ3) is 2.40. The topological polar surface area (TPSA) is 66.7 Å². The molecule has 1 aromatic rings. The molecule has 0 heterocycles. The quantitative estimate of drug-likeness (QED) is 0.513. The van der Waals surface area contributed by atoms with Crippen LogP contribution in [0.4, 0.5) is 0 Å². The van der Waals surface area contributed by atoms with Gasteiger partial charge in [0.05, 0.1) is 15.6 Å². The van der Waals surface area contributed by atoms with Crippen LogP contribution >= 0.6 is 23.2 Å². The molecule has 0 aliphatic carbocycles. The van der Waals surface area contributed by atoms with Gasteiger partial charge in [-0.1, -0.05) is 29.3 Å². The van der Waals surface area contributed by atoms with Crippen LogP contribution in [0.3, 0.4) is 0 Å². The van der Waals surface area contributed by atoms with Gasteiger partial charge in [0.1, 0.15) is 0 Å². The summed E-state index contributed by atoms with van der Waals surface area (Å²) in [6, 6.07) is 4.52. The Morgan fingerprint density at radius 3 is 2.19 bits per heavy atom. The number of hydrogen-bond donors (Lipinski definition) is 1. The summed E-state index contributed by atoms with van der Waals surface area (Å²) in [6.07, 6.45) is 0. The maximum Gasteiger partial charge on any atom is 0.192 e. The Hall–Kier alpha value is -1.39. The number of halogens is 2. The molecule has 1 rings (SSSR count). The molecule has 1 aromatic carbocycles. The molecule has 0 saturated heterocycles. The first-order valence-corrected chi connectivity index (χ1v) is 4.96. The second kappa shape index (κ2) is 5.09. The lowest BCUT2D eigenvalue weighted by atomic mass is 10.1. The summed E-state index contributed by atoms with van der Waals surface area (Å²) in [4.78, 5) is 21.4. The fraction of sp³-hybridized carbons (Fsp3) is 0.100. The molecule has 0 bridgehead atoms. The molecular weight excluding hydrogens is 253 g/mol. The fourth-order valence-electron chi connectivity index (χ4n) is 1.12. The van der Waals surface area contributed by atoms with E-state index < -0.39 is 17.2 Å². The van der Waals surface area contributed by atoms with Crippen molar-refractivity contribution < 1.29 is 9.90 Å². The lowest BCUT2D eigenvalue weighted by molar-refractivity contribution is -0.113. The average Bonchev–Trinajstić information content (AvgIpc) is 2.17. The summed E-state index contributed by atoms with van der Waals surface area (Å²) in [5.74, 6) is -1.28. The number of Topliss-reactive ketones (excluding diaryl/α,β-unsaturated/α-hetero) is 1. The molecule has 0 fully saturated rings. The van der Waals surface area contributed by atoms with Gasteiger partial charge < -0.3 is 5.11 Å². The Bertz CT molecular complexity index is 463. The molecule has 1 N–H and O–H groups in total. The van der Waals surface area contributed by atoms with Crippen LogP contribution in [0, 0.1) is 4.91 Å². The average molecular weight is 260 g/mol. The van der Waals surface area contributed by atoms with Gasteiger partial charge in [0, 0.05) is 6.92 Å². The number of aliphatic hydroxyl groups excluding tert-OH is 1. The van der Waals surface area contributed by atoms with Crippen molar-refractivity contribution in [2.75, 3.05) is 0 Å². The molecular formula is C10H7Cl2NO3. The number of allylic oxidation sites excluding steroid dienone is 1. The molecule has 0 aromatic heterocycles. The van der Waals surface area contributed by atoms with E-state index in [1.807, 2.05) is 0 Å². The molecule has 0 unspecified atom stereocenters. The first kappa shape index (κ1) is 12.7. The number of rotatable bonds is 3. The van der Waals surface area contributed by atoms with Crippen LogP contribution < -0.4 is 0 Å². The zero-order chi connectivity index (χ0) is 12.3. The van der Waals surface area contributed by atoms with Crippen molar-refractivity contribution in [2.24, 2.45) is 5.18 Å². The van der Waals surface area contributed by atoms with E-state index in [1.54, 1.807) is 6.07 Å². The van der Waals surface area contributed by atoms with Gasteiger partial charge in [0.2, 0.25) is 0 Å². The zero-order valence-electron chi connectivity index (χ0n) is 8.20. The summed E-state index contributed by atoms with van der Waals surface area (Å²) in [5.41, 5.74) is -0.578. The lowest BCUT2D eigenvalue weighted by Gasteiger charge is -2.06. The number of nitrogens with zero attached hydrogens (tertiary/aromatic N) is 1. The third-order valence-electron chi connectivity index (χ3n) is 1.85. The van der Waals surface area contributed by atoms with E-state index in [0.29, 0.717) is 0 Å². The smallest absolute Gasteiger partial charge is 0.192 e. The molecule has 6 heteroatoms. The molecule has 0 spiro atoms. The molecule has 4 nitrogen and oxygen atoms in total. The predicted octanol–water partition coefficient (Wildman–Crippen LogP) is 3.58. The molecule has 0 amide bonds. The van der Waals surface area contributed by atoms with Crippen LogP contribution in [0.1, 0.15) is 12.5 Å². The van der Waals surface area contributed by atoms with Gasteiger partial charge in [0.25, 0.3) is 0 Å². The van der Waals surface area contributed by atoms with E-state index in [2.05, 4.69) is 5.18 Å². The largest absolute Gasteiger partial charge is 0.505 e. The minimum absolute atomic E-state index is 0.0237. The Balaban J connectivity index is 3.49. The summed E-state index contributed by atoms with van der Waals surface area (Å²) in [6.45, 7) is 1.11. The van der Waals surface area contributed by atoms with Crippen molar-refractivity contribution in [1.82, 2.24) is 0 Å². The number of hydrogen-bond acceptors (Lipinski definition) is 4. The number of aliphatic hydroxyl groups is 1. The van der Waals surface area contributed by atoms with E-state index in [1.165, 1.54) is 12.1 Å². The predicted molar refractivity (Wildman–Crippen MR) is 62.5 cm³/mol. The summed E-state index contributed by atoms with van der Waals surface area (Å²) < 4.78 is 0. The van der Waals surface area contributed by atoms with Gasteiger partial charge >= 0.3 is 0 Å². The second-order valence-electron chi connectivity index (χ2n) is 2.94.